The minimum atomic E-state index is 0.480. The van der Waals surface area contributed by atoms with Gasteiger partial charge in [-0.1, -0.05) is 6.92 Å². The third-order valence-electron chi connectivity index (χ3n) is 3.10. The fourth-order valence-corrected chi connectivity index (χ4v) is 2.03. The summed E-state index contributed by atoms with van der Waals surface area (Å²) >= 11 is 0. The molecule has 1 unspecified atom stereocenters. The molecule has 0 saturated carbocycles. The summed E-state index contributed by atoms with van der Waals surface area (Å²) in [5.74, 6) is 1.42. The maximum atomic E-state index is 5.30. The molecule has 18 heavy (non-hydrogen) atoms. The Morgan fingerprint density at radius 1 is 1.39 bits per heavy atom. The van der Waals surface area contributed by atoms with Crippen LogP contribution in [-0.4, -0.2) is 49.0 Å². The van der Waals surface area contributed by atoms with Gasteiger partial charge in [-0.15, -0.1) is 0 Å². The zero-order chi connectivity index (χ0) is 12.8. The van der Waals surface area contributed by atoms with Gasteiger partial charge in [-0.3, -0.25) is 0 Å². The average molecular weight is 254 g/mol. The lowest BCUT2D eigenvalue weighted by Gasteiger charge is -2.24. The van der Waals surface area contributed by atoms with E-state index in [0.29, 0.717) is 12.0 Å². The van der Waals surface area contributed by atoms with E-state index < -0.39 is 0 Å². The Kier molecular flexibility index (Phi) is 4.95. The monoisotopic (exact) mass is 254 g/mol. The molecule has 1 aromatic rings. The highest BCUT2D eigenvalue weighted by molar-refractivity contribution is 5.27. The molecule has 1 aromatic heterocycles. The van der Waals surface area contributed by atoms with Crippen LogP contribution in [0.3, 0.4) is 0 Å². The van der Waals surface area contributed by atoms with Crippen LogP contribution in [0.15, 0.2) is 4.52 Å². The number of aryl methyl sites for hydroxylation is 1. The summed E-state index contributed by atoms with van der Waals surface area (Å²) < 4.78 is 10.6. The molecule has 0 amide bonds. The third kappa shape index (κ3) is 3.68. The predicted molar refractivity (Wildman–Crippen MR) is 68.8 cm³/mol. The summed E-state index contributed by atoms with van der Waals surface area (Å²) in [6.45, 7) is 8.43. The van der Waals surface area contributed by atoms with Crippen molar-refractivity contribution in [3.63, 3.8) is 0 Å². The van der Waals surface area contributed by atoms with Crippen molar-refractivity contribution in [3.8, 4) is 0 Å². The van der Waals surface area contributed by atoms with Gasteiger partial charge >= 0.3 is 0 Å². The number of hydrogen-bond acceptors (Lipinski definition) is 6. The first-order valence-electron chi connectivity index (χ1n) is 6.68. The molecule has 2 heterocycles. The first kappa shape index (κ1) is 13.3. The topological polar surface area (TPSA) is 63.4 Å². The molecule has 2 rings (SSSR count). The Labute approximate surface area is 108 Å². The summed E-state index contributed by atoms with van der Waals surface area (Å²) in [6.07, 6.45) is 1.84. The van der Waals surface area contributed by atoms with Gasteiger partial charge in [0, 0.05) is 25.6 Å². The molecule has 0 aliphatic carbocycles. The smallest absolute Gasteiger partial charge is 0.266 e. The average Bonchev–Trinajstić information content (AvgIpc) is 2.87. The molecule has 1 aliphatic rings. The van der Waals surface area contributed by atoms with Crippen LogP contribution in [0.4, 0.5) is 5.95 Å². The van der Waals surface area contributed by atoms with Crippen LogP contribution in [0.2, 0.25) is 0 Å². The van der Waals surface area contributed by atoms with Gasteiger partial charge in [0.1, 0.15) is 0 Å². The second kappa shape index (κ2) is 6.70. The minimum absolute atomic E-state index is 0.480. The second-order valence-corrected chi connectivity index (χ2v) is 4.58. The summed E-state index contributed by atoms with van der Waals surface area (Å²) in [4.78, 5) is 6.53. The van der Waals surface area contributed by atoms with Crippen molar-refractivity contribution in [2.24, 2.45) is 0 Å². The highest BCUT2D eigenvalue weighted by Gasteiger charge is 2.17. The van der Waals surface area contributed by atoms with Gasteiger partial charge < -0.3 is 19.5 Å². The Morgan fingerprint density at radius 3 is 2.89 bits per heavy atom. The fraction of sp³-hybridized carbons (Fsp3) is 0.833. The maximum absolute atomic E-state index is 5.30. The van der Waals surface area contributed by atoms with Crippen LogP contribution < -0.4 is 10.2 Å². The van der Waals surface area contributed by atoms with Crippen molar-refractivity contribution in [1.82, 2.24) is 15.5 Å². The predicted octanol–water partition coefficient (Wildman–Crippen LogP) is 0.837. The number of nitrogens with one attached hydrogen (secondary N) is 1. The molecule has 0 spiro atoms. The quantitative estimate of drug-likeness (QED) is 0.811. The van der Waals surface area contributed by atoms with Gasteiger partial charge in [-0.05, 0) is 25.0 Å². The number of morpholine rings is 1. The molecular formula is C12H22N4O2. The SMILES string of the molecule is CCNC(C)CCc1nc(N2CCOCC2)no1. The van der Waals surface area contributed by atoms with Gasteiger partial charge in [-0.25, -0.2) is 0 Å². The number of rotatable bonds is 6. The molecule has 102 valence electrons. The summed E-state index contributed by atoms with van der Waals surface area (Å²) in [5, 5.41) is 7.40. The zero-order valence-corrected chi connectivity index (χ0v) is 11.2. The molecule has 0 bridgehead atoms. The standard InChI is InChI=1S/C12H22N4O2/c1-3-13-10(2)4-5-11-14-12(15-18-11)16-6-8-17-9-7-16/h10,13H,3-9H2,1-2H3. The van der Waals surface area contributed by atoms with E-state index in [1.54, 1.807) is 0 Å². The summed E-state index contributed by atoms with van der Waals surface area (Å²) in [5.41, 5.74) is 0. The Hall–Kier alpha value is -1.14. The molecule has 1 aliphatic heterocycles. The lowest BCUT2D eigenvalue weighted by atomic mass is 10.2. The van der Waals surface area contributed by atoms with Crippen LogP contribution >= 0.6 is 0 Å². The molecule has 1 atom stereocenters. The van der Waals surface area contributed by atoms with E-state index in [4.69, 9.17) is 9.26 Å². The number of aromatic nitrogens is 2. The lowest BCUT2D eigenvalue weighted by molar-refractivity contribution is 0.121. The van der Waals surface area contributed by atoms with E-state index in [-0.39, 0.29) is 0 Å². The van der Waals surface area contributed by atoms with Gasteiger partial charge in [0.25, 0.3) is 5.95 Å². The Morgan fingerprint density at radius 2 is 2.17 bits per heavy atom. The molecule has 1 fully saturated rings. The molecule has 6 heteroatoms. The zero-order valence-electron chi connectivity index (χ0n) is 11.2. The molecule has 0 radical (unpaired) electrons. The van der Waals surface area contributed by atoms with Crippen LogP contribution in [0.5, 0.6) is 0 Å². The fourth-order valence-electron chi connectivity index (χ4n) is 2.03. The van der Waals surface area contributed by atoms with Crippen molar-refractivity contribution < 1.29 is 9.26 Å². The molecule has 1 saturated heterocycles. The van der Waals surface area contributed by atoms with E-state index in [9.17, 15) is 0 Å². The van der Waals surface area contributed by atoms with Gasteiger partial charge in [0.2, 0.25) is 5.89 Å². The summed E-state index contributed by atoms with van der Waals surface area (Å²) in [7, 11) is 0. The van der Waals surface area contributed by atoms with E-state index in [2.05, 4.69) is 34.2 Å². The third-order valence-corrected chi connectivity index (χ3v) is 3.10. The Bertz CT molecular complexity index is 350. The van der Waals surface area contributed by atoms with E-state index in [1.165, 1.54) is 0 Å². The Balaban J connectivity index is 1.82. The number of hydrogen-bond donors (Lipinski definition) is 1. The van der Waals surface area contributed by atoms with Crippen molar-refractivity contribution in [2.45, 2.75) is 32.7 Å². The van der Waals surface area contributed by atoms with Crippen molar-refractivity contribution in [2.75, 3.05) is 37.7 Å². The van der Waals surface area contributed by atoms with Gasteiger partial charge in [0.05, 0.1) is 13.2 Å². The first-order chi connectivity index (χ1) is 8.79. The lowest BCUT2D eigenvalue weighted by Crippen LogP contribution is -2.36. The van der Waals surface area contributed by atoms with E-state index in [1.807, 2.05) is 0 Å². The van der Waals surface area contributed by atoms with Gasteiger partial charge in [-0.2, -0.15) is 4.98 Å². The van der Waals surface area contributed by atoms with Crippen molar-refractivity contribution in [1.29, 1.82) is 0 Å². The van der Waals surface area contributed by atoms with E-state index >= 15 is 0 Å². The maximum Gasteiger partial charge on any atom is 0.266 e. The summed E-state index contributed by atoms with van der Waals surface area (Å²) in [6, 6.07) is 0.480. The first-order valence-corrected chi connectivity index (χ1v) is 6.68. The minimum Gasteiger partial charge on any atom is -0.378 e. The highest BCUT2D eigenvalue weighted by atomic mass is 16.5. The number of ether oxygens (including phenoxy) is 1. The molecule has 6 nitrogen and oxygen atoms in total. The van der Waals surface area contributed by atoms with Crippen LogP contribution in [0.1, 0.15) is 26.2 Å². The van der Waals surface area contributed by atoms with Crippen LogP contribution in [-0.2, 0) is 11.2 Å². The molecule has 0 aromatic carbocycles. The highest BCUT2D eigenvalue weighted by Crippen LogP contribution is 2.12. The normalized spacial score (nSPS) is 18.0. The van der Waals surface area contributed by atoms with E-state index in [0.717, 1.165) is 51.6 Å². The number of anilines is 1. The van der Waals surface area contributed by atoms with Crippen molar-refractivity contribution in [3.05, 3.63) is 5.89 Å². The second-order valence-electron chi connectivity index (χ2n) is 4.58. The molecular weight excluding hydrogens is 232 g/mol. The number of nitrogens with zero attached hydrogens (tertiary/aromatic N) is 3. The van der Waals surface area contributed by atoms with Crippen molar-refractivity contribution >= 4 is 5.95 Å². The molecule has 1 N–H and O–H groups in total. The van der Waals surface area contributed by atoms with Crippen LogP contribution in [0, 0.1) is 0 Å². The largest absolute Gasteiger partial charge is 0.378 e. The van der Waals surface area contributed by atoms with Gasteiger partial charge in [0.15, 0.2) is 0 Å². The van der Waals surface area contributed by atoms with Crippen LogP contribution in [0.25, 0.3) is 0 Å².